The van der Waals surface area contributed by atoms with E-state index in [4.69, 9.17) is 19.7 Å². The third-order valence-electron chi connectivity index (χ3n) is 7.86. The van der Waals surface area contributed by atoms with Crippen molar-refractivity contribution in [2.75, 3.05) is 14.2 Å². The Morgan fingerprint density at radius 1 is 0.714 bits per heavy atom. The first-order valence-corrected chi connectivity index (χ1v) is 16.1. The highest BCUT2D eigenvalue weighted by atomic mass is 32.1. The number of carboxylic acid groups (broad SMARTS) is 2. The van der Waals surface area contributed by atoms with Gasteiger partial charge in [-0.15, -0.1) is 11.3 Å². The predicted molar refractivity (Wildman–Crippen MR) is 177 cm³/mol. The maximum absolute atomic E-state index is 14.1. The van der Waals surface area contributed by atoms with Crippen LogP contribution in [0.1, 0.15) is 43.2 Å². The van der Waals surface area contributed by atoms with Gasteiger partial charge in [0.25, 0.3) is 11.8 Å². The molecule has 0 saturated carbocycles. The number of fused-ring (bicyclic) bond motifs is 2. The first kappa shape index (κ1) is 34.9. The van der Waals surface area contributed by atoms with Crippen molar-refractivity contribution < 1.29 is 52.0 Å². The fourth-order valence-corrected chi connectivity index (χ4v) is 6.85. The average molecular weight is 713 g/mol. The monoisotopic (exact) mass is 712 g/mol. The quantitative estimate of drug-likeness (QED) is 0.171. The summed E-state index contributed by atoms with van der Waals surface area (Å²) in [6, 6.07) is 7.90. The highest BCUT2D eigenvalue weighted by molar-refractivity contribution is 7.08. The number of carbonyl (C=O) groups excluding carboxylic acids is 2. The van der Waals surface area contributed by atoms with Gasteiger partial charge in [-0.1, -0.05) is 0 Å². The lowest BCUT2D eigenvalue weighted by Gasteiger charge is -2.07. The van der Waals surface area contributed by atoms with Crippen LogP contribution in [0.4, 0.5) is 13.2 Å². The van der Waals surface area contributed by atoms with Crippen LogP contribution in [0.15, 0.2) is 52.5 Å². The molecule has 0 amide bonds. The normalized spacial score (nSPS) is 11.0. The van der Waals surface area contributed by atoms with Crippen LogP contribution < -0.4 is 9.47 Å². The van der Waals surface area contributed by atoms with E-state index < -0.39 is 34.6 Å². The number of hydrogen-bond donors (Lipinski definition) is 2. The zero-order valence-electron chi connectivity index (χ0n) is 26.3. The molecule has 0 fully saturated rings. The van der Waals surface area contributed by atoms with Crippen molar-refractivity contribution in [3.8, 4) is 11.5 Å². The summed E-state index contributed by atoms with van der Waals surface area (Å²) in [4.78, 5) is 47.9. The summed E-state index contributed by atoms with van der Waals surface area (Å²) in [5.74, 6) is -4.31. The lowest BCUT2D eigenvalue weighted by atomic mass is 10.1. The van der Waals surface area contributed by atoms with E-state index in [0.29, 0.717) is 44.4 Å². The third kappa shape index (κ3) is 6.67. The second kappa shape index (κ2) is 14.0. The molecule has 4 heterocycles. The van der Waals surface area contributed by atoms with Gasteiger partial charge in [0.1, 0.15) is 0 Å². The van der Waals surface area contributed by atoms with Crippen LogP contribution in [-0.4, -0.2) is 57.3 Å². The minimum atomic E-state index is -1.08. The first-order valence-electron chi connectivity index (χ1n) is 14.3. The maximum atomic E-state index is 14.1. The van der Waals surface area contributed by atoms with Crippen LogP contribution in [0.25, 0.3) is 21.8 Å². The molecule has 0 atom stereocenters. The molecule has 10 nitrogen and oxygen atoms in total. The molecule has 0 aliphatic rings. The van der Waals surface area contributed by atoms with E-state index in [-0.39, 0.29) is 41.3 Å². The number of benzene rings is 2. The summed E-state index contributed by atoms with van der Waals surface area (Å²) in [5, 5.41) is 23.5. The second-order valence-corrected chi connectivity index (χ2v) is 12.4. The number of ether oxygens (including phenoxy) is 2. The summed E-state index contributed by atoms with van der Waals surface area (Å²) in [7, 11) is 2.63. The molecule has 0 unspecified atom stereocenters. The van der Waals surface area contributed by atoms with E-state index in [9.17, 15) is 32.3 Å². The minimum Gasteiger partial charge on any atom is -0.494 e. The molecule has 6 aromatic rings. The third-order valence-corrected chi connectivity index (χ3v) is 9.26. The Morgan fingerprint density at radius 2 is 1.18 bits per heavy atom. The number of rotatable bonds is 8. The Bertz CT molecular complexity index is 2270. The molecule has 0 spiro atoms. The van der Waals surface area contributed by atoms with Gasteiger partial charge in [-0.2, -0.15) is 15.7 Å². The SMILES string of the molecule is COc1cc2c(CC(=O)O)c(C)n(C(=O)c3ccsc3)c2cc1F.COc1cc2c(CC(=O)O)c(C)n(C(=O)c3csc(F)c3)c2cc1F. The van der Waals surface area contributed by atoms with Crippen molar-refractivity contribution in [1.82, 2.24) is 9.13 Å². The number of nitrogens with zero attached hydrogens (tertiary/aromatic N) is 2. The summed E-state index contributed by atoms with van der Waals surface area (Å²) in [6.07, 6.45) is -0.601. The molecule has 0 aliphatic carbocycles. The smallest absolute Gasteiger partial charge is 0.307 e. The fraction of sp³-hybridized carbons (Fsp3) is 0.176. The number of thiophene rings is 2. The molecule has 0 radical (unpaired) electrons. The van der Waals surface area contributed by atoms with Crippen molar-refractivity contribution in [3.05, 3.63) is 103 Å². The van der Waals surface area contributed by atoms with E-state index in [2.05, 4.69) is 0 Å². The largest absolute Gasteiger partial charge is 0.494 e. The van der Waals surface area contributed by atoms with Crippen LogP contribution in [-0.2, 0) is 22.4 Å². The number of carboxylic acids is 2. The summed E-state index contributed by atoms with van der Waals surface area (Å²) < 4.78 is 54.0. The summed E-state index contributed by atoms with van der Waals surface area (Å²) >= 11 is 2.15. The number of halogens is 3. The summed E-state index contributed by atoms with van der Waals surface area (Å²) in [5.41, 5.74) is 2.82. The first-order chi connectivity index (χ1) is 23.3. The Hall–Kier alpha value is -5.41. The fourth-order valence-electron chi connectivity index (χ4n) is 5.61. The van der Waals surface area contributed by atoms with Crippen LogP contribution in [0.3, 0.4) is 0 Å². The van der Waals surface area contributed by atoms with E-state index in [0.717, 1.165) is 23.5 Å². The number of carbonyl (C=O) groups is 4. The van der Waals surface area contributed by atoms with Crippen LogP contribution in [0.5, 0.6) is 11.5 Å². The van der Waals surface area contributed by atoms with E-state index in [1.807, 2.05) is 0 Å². The predicted octanol–water partition coefficient (Wildman–Crippen LogP) is 7.09. The van der Waals surface area contributed by atoms with Gasteiger partial charge >= 0.3 is 11.9 Å². The zero-order chi connectivity index (χ0) is 35.7. The summed E-state index contributed by atoms with van der Waals surface area (Å²) in [6.45, 7) is 3.23. The van der Waals surface area contributed by atoms with Crippen LogP contribution in [0, 0.1) is 30.6 Å². The van der Waals surface area contributed by atoms with Crippen molar-refractivity contribution in [2.24, 2.45) is 0 Å². The molecular formula is C34H27F3N2O8S2. The van der Waals surface area contributed by atoms with Crippen LogP contribution >= 0.6 is 22.7 Å². The Balaban J connectivity index is 0.000000191. The molecule has 0 bridgehead atoms. The molecule has 4 aromatic heterocycles. The number of aromatic nitrogens is 2. The highest BCUT2D eigenvalue weighted by Crippen LogP contribution is 2.34. The van der Waals surface area contributed by atoms with Gasteiger partial charge in [-0.05, 0) is 54.6 Å². The molecule has 0 aliphatic heterocycles. The number of methoxy groups -OCH3 is 2. The van der Waals surface area contributed by atoms with Crippen LogP contribution in [0.2, 0.25) is 0 Å². The highest BCUT2D eigenvalue weighted by Gasteiger charge is 2.25. The number of hydrogen-bond acceptors (Lipinski definition) is 8. The Morgan fingerprint density at radius 3 is 1.55 bits per heavy atom. The van der Waals surface area contributed by atoms with E-state index in [1.54, 1.807) is 30.7 Å². The molecule has 254 valence electrons. The Labute approximate surface area is 284 Å². The standard InChI is InChI=1S/C17H13F2NO4S.C17H14FNO4S/c1-8-10(5-16(21)22)11-4-14(24-2)12(18)6-13(11)20(8)17(23)9-3-15(19)25-7-9;1-9-11(6-16(20)21)12-5-15(23-2)13(18)7-14(12)19(9)17(22)10-3-4-24-8-10/h3-4,6-7H,5H2,1-2H3,(H,21,22);3-5,7-8H,6H2,1-2H3,(H,20,21). The minimum absolute atomic E-state index is 0.00858. The van der Waals surface area contributed by atoms with Crippen molar-refractivity contribution >= 4 is 68.2 Å². The molecule has 49 heavy (non-hydrogen) atoms. The number of aliphatic carboxylic acids is 2. The van der Waals surface area contributed by atoms with Crippen molar-refractivity contribution in [1.29, 1.82) is 0 Å². The van der Waals surface area contributed by atoms with E-state index in [1.165, 1.54) is 58.3 Å². The molecule has 2 aromatic carbocycles. The van der Waals surface area contributed by atoms with Gasteiger partial charge in [-0.25, -0.2) is 8.78 Å². The van der Waals surface area contributed by atoms with Gasteiger partial charge in [0.15, 0.2) is 28.3 Å². The topological polar surface area (TPSA) is 137 Å². The molecule has 2 N–H and O–H groups in total. The van der Waals surface area contributed by atoms with Gasteiger partial charge in [0, 0.05) is 45.1 Å². The second-order valence-electron chi connectivity index (χ2n) is 10.7. The lowest BCUT2D eigenvalue weighted by Crippen LogP contribution is -2.13. The van der Waals surface area contributed by atoms with Crippen molar-refractivity contribution in [2.45, 2.75) is 26.7 Å². The zero-order valence-corrected chi connectivity index (χ0v) is 27.9. The van der Waals surface area contributed by atoms with E-state index >= 15 is 0 Å². The Kier molecular flexibility index (Phi) is 9.96. The molecule has 0 saturated heterocycles. The maximum Gasteiger partial charge on any atom is 0.307 e. The van der Waals surface area contributed by atoms with Gasteiger partial charge in [0.05, 0.1) is 49.2 Å². The molecule has 15 heteroatoms. The van der Waals surface area contributed by atoms with Crippen molar-refractivity contribution in [3.63, 3.8) is 0 Å². The average Bonchev–Trinajstić information content (AvgIpc) is 3.84. The lowest BCUT2D eigenvalue weighted by molar-refractivity contribution is -0.137. The molecular weight excluding hydrogens is 686 g/mol. The van der Waals surface area contributed by atoms with Gasteiger partial charge < -0.3 is 19.7 Å². The molecule has 6 rings (SSSR count). The van der Waals surface area contributed by atoms with Gasteiger partial charge in [0.2, 0.25) is 0 Å². The van der Waals surface area contributed by atoms with Gasteiger partial charge in [-0.3, -0.25) is 28.3 Å².